The molecule has 1 aromatic carbocycles. The van der Waals surface area contributed by atoms with Gasteiger partial charge in [0.1, 0.15) is 5.75 Å². The summed E-state index contributed by atoms with van der Waals surface area (Å²) in [7, 11) is 1.55. The van der Waals surface area contributed by atoms with E-state index in [1.54, 1.807) is 32.2 Å². The Hall–Kier alpha value is -1.92. The highest BCUT2D eigenvalue weighted by molar-refractivity contribution is 6.01. The summed E-state index contributed by atoms with van der Waals surface area (Å²) in [5, 5.41) is 20.5. The second-order valence-electron chi connectivity index (χ2n) is 4.71. The summed E-state index contributed by atoms with van der Waals surface area (Å²) in [5.41, 5.74) is 1.29. The average Bonchev–Trinajstić information content (AvgIpc) is 2.46. The maximum Gasteiger partial charge on any atom is 0.303 e. The third-order valence-corrected chi connectivity index (χ3v) is 3.16. The monoisotopic (exact) mass is 295 g/mol. The van der Waals surface area contributed by atoms with Crippen LogP contribution in [0.2, 0.25) is 0 Å². The van der Waals surface area contributed by atoms with Gasteiger partial charge in [0.15, 0.2) is 5.78 Å². The number of carbonyl (C=O) groups is 2. The highest BCUT2D eigenvalue weighted by Gasteiger charge is 2.22. The quantitative estimate of drug-likeness (QED) is 0.588. The van der Waals surface area contributed by atoms with Crippen molar-refractivity contribution in [3.8, 4) is 5.75 Å². The molecule has 0 spiro atoms. The predicted octanol–water partition coefficient (Wildman–Crippen LogP) is 1.00. The Morgan fingerprint density at radius 1 is 1.38 bits per heavy atom. The summed E-state index contributed by atoms with van der Waals surface area (Å²) >= 11 is 0. The molecule has 0 heterocycles. The molecule has 21 heavy (non-hydrogen) atoms. The van der Waals surface area contributed by atoms with E-state index in [0.29, 0.717) is 11.3 Å². The Morgan fingerprint density at radius 3 is 2.62 bits per heavy atom. The average molecular weight is 295 g/mol. The van der Waals surface area contributed by atoms with Crippen molar-refractivity contribution in [2.24, 2.45) is 0 Å². The molecule has 0 aliphatic heterocycles. The number of carboxylic acid groups (broad SMARTS) is 1. The molecule has 1 aromatic rings. The fourth-order valence-corrected chi connectivity index (χ4v) is 2.06. The molecule has 1 unspecified atom stereocenters. The summed E-state index contributed by atoms with van der Waals surface area (Å²) in [6.07, 6.45) is 0.0731. The van der Waals surface area contributed by atoms with E-state index in [1.807, 2.05) is 0 Å². The first-order chi connectivity index (χ1) is 9.99. The van der Waals surface area contributed by atoms with Gasteiger partial charge in [0.05, 0.1) is 19.8 Å². The molecule has 0 aliphatic carbocycles. The third-order valence-electron chi connectivity index (χ3n) is 3.16. The lowest BCUT2D eigenvalue weighted by Crippen LogP contribution is -2.39. The zero-order chi connectivity index (χ0) is 15.8. The zero-order valence-corrected chi connectivity index (χ0v) is 12.3. The van der Waals surface area contributed by atoms with Gasteiger partial charge in [-0.15, -0.1) is 0 Å². The first kappa shape index (κ1) is 17.1. The Labute approximate surface area is 123 Å². The number of methoxy groups -OCH3 is 1. The maximum absolute atomic E-state index is 12.5. The van der Waals surface area contributed by atoms with E-state index < -0.39 is 12.0 Å². The summed E-state index contributed by atoms with van der Waals surface area (Å²) in [6.45, 7) is 1.93. The number of hydrogen-bond donors (Lipinski definition) is 3. The Morgan fingerprint density at radius 2 is 2.10 bits per heavy atom. The molecule has 0 saturated carbocycles. The van der Waals surface area contributed by atoms with E-state index in [4.69, 9.17) is 14.9 Å². The highest BCUT2D eigenvalue weighted by atomic mass is 16.5. The lowest BCUT2D eigenvalue weighted by Gasteiger charge is -2.18. The topological polar surface area (TPSA) is 95.9 Å². The number of ketones is 1. The van der Waals surface area contributed by atoms with Gasteiger partial charge in [-0.1, -0.05) is 0 Å². The van der Waals surface area contributed by atoms with Crippen LogP contribution >= 0.6 is 0 Å². The minimum absolute atomic E-state index is 0.107. The fourth-order valence-electron chi connectivity index (χ4n) is 2.06. The van der Waals surface area contributed by atoms with Gasteiger partial charge in [-0.2, -0.15) is 0 Å². The summed E-state index contributed by atoms with van der Waals surface area (Å²) in [6, 6.07) is 4.50. The van der Waals surface area contributed by atoms with Crippen molar-refractivity contribution in [2.75, 3.05) is 20.3 Å². The molecule has 0 radical (unpaired) electrons. The van der Waals surface area contributed by atoms with Crippen LogP contribution in [0.25, 0.3) is 0 Å². The van der Waals surface area contributed by atoms with Crippen molar-refractivity contribution in [2.45, 2.75) is 25.8 Å². The second kappa shape index (κ2) is 8.39. The molecule has 6 heteroatoms. The number of aliphatic hydroxyl groups excluding tert-OH is 1. The number of ether oxygens (including phenoxy) is 1. The molecule has 1 atom stereocenters. The normalized spacial score (nSPS) is 12.0. The van der Waals surface area contributed by atoms with Crippen molar-refractivity contribution in [1.29, 1.82) is 0 Å². The van der Waals surface area contributed by atoms with Crippen LogP contribution in [0.3, 0.4) is 0 Å². The molecule has 0 fully saturated rings. The Bertz CT molecular complexity index is 501. The van der Waals surface area contributed by atoms with Crippen LogP contribution in [0.5, 0.6) is 5.75 Å². The molecule has 1 rings (SSSR count). The van der Waals surface area contributed by atoms with Crippen molar-refractivity contribution in [1.82, 2.24) is 5.32 Å². The maximum atomic E-state index is 12.5. The van der Waals surface area contributed by atoms with Crippen molar-refractivity contribution in [3.05, 3.63) is 29.3 Å². The molecular formula is C15H21NO5. The predicted molar refractivity (Wildman–Crippen MR) is 77.8 cm³/mol. The van der Waals surface area contributed by atoms with Gasteiger partial charge in [0.25, 0.3) is 0 Å². The molecule has 0 amide bonds. The van der Waals surface area contributed by atoms with Crippen molar-refractivity contribution >= 4 is 11.8 Å². The molecule has 3 N–H and O–H groups in total. The van der Waals surface area contributed by atoms with E-state index in [0.717, 1.165) is 5.56 Å². The number of rotatable bonds is 9. The summed E-state index contributed by atoms with van der Waals surface area (Å²) in [4.78, 5) is 23.2. The number of Topliss-reactive ketones (excluding diaryl/α,β-unsaturated/α-hetero) is 1. The lowest BCUT2D eigenvalue weighted by atomic mass is 9.96. The number of aryl methyl sites for hydroxylation is 1. The van der Waals surface area contributed by atoms with Crippen molar-refractivity contribution in [3.63, 3.8) is 0 Å². The van der Waals surface area contributed by atoms with Gasteiger partial charge in [-0.05, 0) is 37.1 Å². The van der Waals surface area contributed by atoms with Crippen LogP contribution in [0.4, 0.5) is 0 Å². The first-order valence-corrected chi connectivity index (χ1v) is 6.74. The van der Waals surface area contributed by atoms with Gasteiger partial charge in [0.2, 0.25) is 0 Å². The summed E-state index contributed by atoms with van der Waals surface area (Å²) < 4.78 is 5.10. The molecule has 6 nitrogen and oxygen atoms in total. The number of carbonyl (C=O) groups excluding carboxylic acids is 1. The van der Waals surface area contributed by atoms with Crippen LogP contribution in [0.1, 0.15) is 28.8 Å². The van der Waals surface area contributed by atoms with Gasteiger partial charge in [0, 0.05) is 18.5 Å². The summed E-state index contributed by atoms with van der Waals surface area (Å²) in [5.74, 6) is -0.468. The van der Waals surface area contributed by atoms with E-state index in [2.05, 4.69) is 5.32 Å². The second-order valence-corrected chi connectivity index (χ2v) is 4.71. The number of nitrogens with one attached hydrogen (secondary N) is 1. The smallest absolute Gasteiger partial charge is 0.303 e. The fraction of sp³-hybridized carbons (Fsp3) is 0.467. The van der Waals surface area contributed by atoms with Crippen LogP contribution in [-0.4, -0.2) is 48.3 Å². The van der Waals surface area contributed by atoms with E-state index in [1.165, 1.54) is 0 Å². The molecule has 0 aliphatic rings. The molecule has 116 valence electrons. The van der Waals surface area contributed by atoms with Crippen LogP contribution < -0.4 is 10.1 Å². The molecule has 0 bridgehead atoms. The number of aliphatic carboxylic acids is 1. The molecule has 0 aromatic heterocycles. The number of benzene rings is 1. The van der Waals surface area contributed by atoms with E-state index in [9.17, 15) is 9.59 Å². The number of aliphatic hydroxyl groups is 1. The number of carboxylic acids is 1. The SMILES string of the molecule is COc1ccc(C(=O)C(CCC(=O)O)NCCO)c(C)c1. The minimum Gasteiger partial charge on any atom is -0.497 e. The first-order valence-electron chi connectivity index (χ1n) is 6.74. The zero-order valence-electron chi connectivity index (χ0n) is 12.3. The largest absolute Gasteiger partial charge is 0.497 e. The molecular weight excluding hydrogens is 274 g/mol. The van der Waals surface area contributed by atoms with Crippen molar-refractivity contribution < 1.29 is 24.5 Å². The van der Waals surface area contributed by atoms with Gasteiger partial charge in [-0.3, -0.25) is 9.59 Å². The van der Waals surface area contributed by atoms with Gasteiger partial charge < -0.3 is 20.3 Å². The molecule has 0 saturated heterocycles. The van der Waals surface area contributed by atoms with Gasteiger partial charge >= 0.3 is 5.97 Å². The van der Waals surface area contributed by atoms with Crippen LogP contribution in [0, 0.1) is 6.92 Å². The Balaban J connectivity index is 2.89. The van der Waals surface area contributed by atoms with Crippen LogP contribution in [-0.2, 0) is 4.79 Å². The Kier molecular flexibility index (Phi) is 6.84. The third kappa shape index (κ3) is 5.17. The highest BCUT2D eigenvalue weighted by Crippen LogP contribution is 2.19. The minimum atomic E-state index is -0.954. The van der Waals surface area contributed by atoms with E-state index in [-0.39, 0.29) is 31.8 Å². The lowest BCUT2D eigenvalue weighted by molar-refractivity contribution is -0.137. The standard InChI is InChI=1S/C15H21NO5/c1-10-9-11(21-2)3-4-12(10)15(20)13(16-7-8-17)5-6-14(18)19/h3-4,9,13,16-17H,5-8H2,1-2H3,(H,18,19). The van der Waals surface area contributed by atoms with Crippen LogP contribution in [0.15, 0.2) is 18.2 Å². The van der Waals surface area contributed by atoms with E-state index >= 15 is 0 Å². The van der Waals surface area contributed by atoms with Gasteiger partial charge in [-0.25, -0.2) is 0 Å². The number of hydrogen-bond acceptors (Lipinski definition) is 5.